The molecule has 0 aromatic rings. The van der Waals surface area contributed by atoms with Gasteiger partial charge >= 0.3 is 0 Å². The summed E-state index contributed by atoms with van der Waals surface area (Å²) in [7, 11) is 0. The van der Waals surface area contributed by atoms with E-state index in [9.17, 15) is 0 Å². The molecule has 0 amide bonds. The molecule has 0 aliphatic carbocycles. The fourth-order valence-electron chi connectivity index (χ4n) is 0.871. The van der Waals surface area contributed by atoms with Gasteiger partial charge in [0.1, 0.15) is 6.10 Å². The van der Waals surface area contributed by atoms with E-state index in [1.165, 1.54) is 0 Å². The largest absolute Gasteiger partial charge is 0.394 e. The lowest BCUT2D eigenvalue weighted by atomic mass is 10.2. The maximum atomic E-state index is 8.91. The van der Waals surface area contributed by atoms with Gasteiger partial charge < -0.3 is 20.1 Å². The van der Waals surface area contributed by atoms with E-state index in [0.29, 0.717) is 0 Å². The van der Waals surface area contributed by atoms with Gasteiger partial charge in [0.2, 0.25) is 0 Å². The zero-order chi connectivity index (χ0) is 6.85. The number of hydrogen-bond acceptors (Lipinski definition) is 4. The molecule has 4 heteroatoms. The fraction of sp³-hybridized carbons (Fsp3) is 1.00. The lowest BCUT2D eigenvalue weighted by Gasteiger charge is -2.08. The van der Waals surface area contributed by atoms with Crippen LogP contribution in [0.15, 0.2) is 0 Å². The third-order valence-electron chi connectivity index (χ3n) is 1.38. The van der Waals surface area contributed by atoms with E-state index in [-0.39, 0.29) is 13.0 Å². The number of rotatable bonds is 1. The van der Waals surface area contributed by atoms with Crippen molar-refractivity contribution in [2.24, 2.45) is 0 Å². The SMILES string of the molecule is OC[C@@H]1OC(O)CC1O. The summed E-state index contributed by atoms with van der Waals surface area (Å²) in [6.45, 7) is -0.238. The van der Waals surface area contributed by atoms with Crippen LogP contribution in [-0.2, 0) is 4.74 Å². The summed E-state index contributed by atoms with van der Waals surface area (Å²) >= 11 is 0. The summed E-state index contributed by atoms with van der Waals surface area (Å²) in [5.74, 6) is 0. The molecule has 0 bridgehead atoms. The van der Waals surface area contributed by atoms with Gasteiger partial charge in [-0.05, 0) is 0 Å². The van der Waals surface area contributed by atoms with Crippen LogP contribution < -0.4 is 0 Å². The van der Waals surface area contributed by atoms with Crippen molar-refractivity contribution >= 4 is 0 Å². The van der Waals surface area contributed by atoms with E-state index in [0.717, 1.165) is 0 Å². The van der Waals surface area contributed by atoms with Crippen LogP contribution in [0.5, 0.6) is 0 Å². The molecule has 1 saturated heterocycles. The number of ether oxygens (including phenoxy) is 1. The Morgan fingerprint density at radius 3 is 2.33 bits per heavy atom. The molecule has 0 spiro atoms. The van der Waals surface area contributed by atoms with Crippen LogP contribution in [0.4, 0.5) is 0 Å². The molecule has 0 aromatic heterocycles. The van der Waals surface area contributed by atoms with E-state index >= 15 is 0 Å². The van der Waals surface area contributed by atoms with Gasteiger partial charge in [0, 0.05) is 6.42 Å². The van der Waals surface area contributed by atoms with Gasteiger partial charge in [-0.3, -0.25) is 0 Å². The minimum Gasteiger partial charge on any atom is -0.394 e. The summed E-state index contributed by atoms with van der Waals surface area (Å²) < 4.78 is 4.68. The average molecular weight is 134 g/mol. The molecule has 1 aliphatic heterocycles. The summed E-state index contributed by atoms with van der Waals surface area (Å²) in [4.78, 5) is 0. The molecule has 3 N–H and O–H groups in total. The van der Waals surface area contributed by atoms with Crippen molar-refractivity contribution in [3.8, 4) is 0 Å². The fourth-order valence-corrected chi connectivity index (χ4v) is 0.871. The molecular weight excluding hydrogens is 124 g/mol. The molecule has 0 radical (unpaired) electrons. The Morgan fingerprint density at radius 1 is 1.44 bits per heavy atom. The van der Waals surface area contributed by atoms with Gasteiger partial charge in [0.05, 0.1) is 12.7 Å². The summed E-state index contributed by atoms with van der Waals surface area (Å²) in [6.07, 6.45) is -2.02. The molecular formula is C5H10O4. The topological polar surface area (TPSA) is 69.9 Å². The van der Waals surface area contributed by atoms with E-state index in [4.69, 9.17) is 15.3 Å². The van der Waals surface area contributed by atoms with Crippen LogP contribution >= 0.6 is 0 Å². The van der Waals surface area contributed by atoms with Crippen molar-refractivity contribution in [3.05, 3.63) is 0 Å². The molecule has 9 heavy (non-hydrogen) atoms. The molecule has 2 unspecified atom stereocenters. The van der Waals surface area contributed by atoms with Gasteiger partial charge in [-0.15, -0.1) is 0 Å². The van der Waals surface area contributed by atoms with Crippen molar-refractivity contribution in [2.45, 2.75) is 24.9 Å². The Morgan fingerprint density at radius 2 is 2.11 bits per heavy atom. The molecule has 1 rings (SSSR count). The molecule has 1 heterocycles. The molecule has 0 saturated carbocycles. The van der Waals surface area contributed by atoms with Crippen molar-refractivity contribution in [2.75, 3.05) is 6.61 Å². The van der Waals surface area contributed by atoms with Crippen LogP contribution in [0.1, 0.15) is 6.42 Å². The molecule has 54 valence electrons. The predicted octanol–water partition coefficient (Wildman–Crippen LogP) is -1.55. The molecule has 1 aliphatic rings. The smallest absolute Gasteiger partial charge is 0.157 e. The number of aliphatic hydroxyl groups is 3. The van der Waals surface area contributed by atoms with Crippen LogP contribution in [0, 0.1) is 0 Å². The first kappa shape index (κ1) is 6.95. The first-order valence-electron chi connectivity index (χ1n) is 2.86. The van der Waals surface area contributed by atoms with Crippen LogP contribution in [0.2, 0.25) is 0 Å². The van der Waals surface area contributed by atoms with Gasteiger partial charge in [0.15, 0.2) is 6.29 Å². The maximum absolute atomic E-state index is 8.91. The quantitative estimate of drug-likeness (QED) is 0.406. The Balaban J connectivity index is 2.38. The van der Waals surface area contributed by atoms with Crippen molar-refractivity contribution in [1.29, 1.82) is 0 Å². The molecule has 4 nitrogen and oxygen atoms in total. The van der Waals surface area contributed by atoms with E-state index in [2.05, 4.69) is 4.74 Å². The second kappa shape index (κ2) is 2.62. The minimum absolute atomic E-state index is 0.200. The second-order valence-electron chi connectivity index (χ2n) is 2.11. The molecule has 0 aromatic carbocycles. The van der Waals surface area contributed by atoms with E-state index in [1.807, 2.05) is 0 Å². The van der Waals surface area contributed by atoms with Gasteiger partial charge in [-0.1, -0.05) is 0 Å². The number of hydrogen-bond donors (Lipinski definition) is 3. The first-order valence-corrected chi connectivity index (χ1v) is 2.86. The third-order valence-corrected chi connectivity index (χ3v) is 1.38. The van der Waals surface area contributed by atoms with Crippen LogP contribution in [-0.4, -0.2) is 40.4 Å². The van der Waals surface area contributed by atoms with Crippen LogP contribution in [0.25, 0.3) is 0 Å². The second-order valence-corrected chi connectivity index (χ2v) is 2.11. The Labute approximate surface area is 52.7 Å². The average Bonchev–Trinajstić information content (AvgIpc) is 2.10. The summed E-state index contributed by atoms with van der Waals surface area (Å²) in [5, 5.41) is 26.1. The third kappa shape index (κ3) is 1.40. The lowest BCUT2D eigenvalue weighted by Crippen LogP contribution is -2.24. The zero-order valence-electron chi connectivity index (χ0n) is 4.90. The maximum Gasteiger partial charge on any atom is 0.157 e. The normalized spacial score (nSPS) is 43.7. The summed E-state index contributed by atoms with van der Waals surface area (Å²) in [6, 6.07) is 0. The van der Waals surface area contributed by atoms with Crippen molar-refractivity contribution in [1.82, 2.24) is 0 Å². The minimum atomic E-state index is -0.905. The predicted molar refractivity (Wildman–Crippen MR) is 28.6 cm³/mol. The molecule has 3 atom stereocenters. The van der Waals surface area contributed by atoms with Gasteiger partial charge in [0.25, 0.3) is 0 Å². The van der Waals surface area contributed by atoms with Gasteiger partial charge in [-0.25, -0.2) is 0 Å². The highest BCUT2D eigenvalue weighted by molar-refractivity contribution is 4.75. The van der Waals surface area contributed by atoms with Crippen molar-refractivity contribution < 1.29 is 20.1 Å². The van der Waals surface area contributed by atoms with Crippen LogP contribution in [0.3, 0.4) is 0 Å². The first-order chi connectivity index (χ1) is 4.24. The lowest BCUT2D eigenvalue weighted by molar-refractivity contribution is -0.107. The highest BCUT2D eigenvalue weighted by atomic mass is 16.6. The van der Waals surface area contributed by atoms with Gasteiger partial charge in [-0.2, -0.15) is 0 Å². The zero-order valence-corrected chi connectivity index (χ0v) is 4.90. The monoisotopic (exact) mass is 134 g/mol. The standard InChI is InChI=1S/C5H10O4/c6-2-4-3(7)1-5(8)9-4/h3-8H,1-2H2/t3?,4-,5?/m0/s1. The highest BCUT2D eigenvalue weighted by Crippen LogP contribution is 2.17. The van der Waals surface area contributed by atoms with E-state index < -0.39 is 18.5 Å². The Hall–Kier alpha value is -0.160. The van der Waals surface area contributed by atoms with E-state index in [1.54, 1.807) is 0 Å². The number of aliphatic hydroxyl groups excluding tert-OH is 3. The summed E-state index contributed by atoms with van der Waals surface area (Å²) in [5.41, 5.74) is 0. The van der Waals surface area contributed by atoms with Crippen molar-refractivity contribution in [3.63, 3.8) is 0 Å². The molecule has 1 fully saturated rings. The Bertz CT molecular complexity index is 95.0. The Kier molecular flexibility index (Phi) is 2.02. The highest BCUT2D eigenvalue weighted by Gasteiger charge is 2.31.